The second-order valence-electron chi connectivity index (χ2n) is 9.16. The molecule has 3 aromatic rings. The minimum atomic E-state index is -1.36. The number of benzene rings is 2. The van der Waals surface area contributed by atoms with Crippen LogP contribution in [0.4, 0.5) is 19.0 Å². The van der Waals surface area contributed by atoms with E-state index in [0.29, 0.717) is 43.9 Å². The van der Waals surface area contributed by atoms with E-state index in [2.05, 4.69) is 4.90 Å². The number of halogens is 3. The Kier molecular flexibility index (Phi) is 8.48. The molecule has 4 rings (SSSR count). The lowest BCUT2D eigenvalue weighted by Crippen LogP contribution is -2.45. The van der Waals surface area contributed by atoms with Crippen LogP contribution in [0.5, 0.6) is 0 Å². The van der Waals surface area contributed by atoms with Crippen molar-refractivity contribution in [3.8, 4) is 11.1 Å². The SMILES string of the molecule is Cn1c(N(CCCN2CCOCC2)C(=O)Cc2cc(F)c(F)cc2F)c(-c2ccccc2)c(=O)n(C)c1=O. The minimum Gasteiger partial charge on any atom is -0.379 e. The van der Waals surface area contributed by atoms with Gasteiger partial charge in [0.15, 0.2) is 11.6 Å². The number of carbonyl (C=O) groups excluding carboxylic acids is 1. The monoisotopic (exact) mass is 530 g/mol. The number of anilines is 1. The number of ether oxygens (including phenoxy) is 1. The smallest absolute Gasteiger partial charge is 0.332 e. The Hall–Kier alpha value is -3.70. The number of nitrogens with zero attached hydrogens (tertiary/aromatic N) is 4. The fraction of sp³-hybridized carbons (Fsp3) is 0.370. The van der Waals surface area contributed by atoms with Gasteiger partial charge in [0.2, 0.25) is 5.91 Å². The average molecular weight is 531 g/mol. The molecule has 0 aliphatic carbocycles. The van der Waals surface area contributed by atoms with Crippen LogP contribution in [0.2, 0.25) is 0 Å². The molecule has 1 saturated heterocycles. The van der Waals surface area contributed by atoms with Gasteiger partial charge in [-0.2, -0.15) is 0 Å². The van der Waals surface area contributed by atoms with Crippen molar-refractivity contribution in [1.29, 1.82) is 0 Å². The van der Waals surface area contributed by atoms with Crippen molar-refractivity contribution in [1.82, 2.24) is 14.0 Å². The van der Waals surface area contributed by atoms with Crippen LogP contribution in [0.15, 0.2) is 52.1 Å². The summed E-state index contributed by atoms with van der Waals surface area (Å²) in [5, 5.41) is 0. The van der Waals surface area contributed by atoms with E-state index in [1.807, 2.05) is 0 Å². The molecule has 2 aromatic carbocycles. The molecule has 0 N–H and O–H groups in total. The molecule has 1 aliphatic rings. The third kappa shape index (κ3) is 5.73. The summed E-state index contributed by atoms with van der Waals surface area (Å²) in [6.45, 7) is 3.37. The summed E-state index contributed by atoms with van der Waals surface area (Å²) in [5.74, 6) is -4.32. The molecular formula is C27H29F3N4O4. The first-order valence-electron chi connectivity index (χ1n) is 12.3. The van der Waals surface area contributed by atoms with Crippen LogP contribution in [-0.2, 0) is 30.0 Å². The van der Waals surface area contributed by atoms with Gasteiger partial charge >= 0.3 is 5.69 Å². The van der Waals surface area contributed by atoms with Gasteiger partial charge in [-0.1, -0.05) is 30.3 Å². The van der Waals surface area contributed by atoms with Crippen molar-refractivity contribution in [3.05, 3.63) is 86.3 Å². The van der Waals surface area contributed by atoms with Crippen molar-refractivity contribution in [2.45, 2.75) is 12.8 Å². The number of amides is 1. The van der Waals surface area contributed by atoms with Gasteiger partial charge in [0.1, 0.15) is 11.6 Å². The molecule has 202 valence electrons. The van der Waals surface area contributed by atoms with E-state index in [1.165, 1.54) is 23.6 Å². The number of hydrogen-bond acceptors (Lipinski definition) is 5. The van der Waals surface area contributed by atoms with Crippen LogP contribution in [0.3, 0.4) is 0 Å². The normalized spacial score (nSPS) is 14.0. The number of rotatable bonds is 8. The van der Waals surface area contributed by atoms with E-state index >= 15 is 0 Å². The van der Waals surface area contributed by atoms with Crippen LogP contribution in [0.25, 0.3) is 11.1 Å². The Morgan fingerprint density at radius 1 is 0.947 bits per heavy atom. The zero-order chi connectivity index (χ0) is 27.4. The number of hydrogen-bond donors (Lipinski definition) is 0. The summed E-state index contributed by atoms with van der Waals surface area (Å²) in [7, 11) is 2.80. The zero-order valence-electron chi connectivity index (χ0n) is 21.3. The lowest BCUT2D eigenvalue weighted by atomic mass is 10.1. The number of morpholine rings is 1. The first-order chi connectivity index (χ1) is 18.2. The zero-order valence-corrected chi connectivity index (χ0v) is 21.3. The topological polar surface area (TPSA) is 76.8 Å². The molecule has 0 saturated carbocycles. The van der Waals surface area contributed by atoms with Crippen LogP contribution >= 0.6 is 0 Å². The summed E-state index contributed by atoms with van der Waals surface area (Å²) in [6.07, 6.45) is -0.123. The van der Waals surface area contributed by atoms with Crippen LogP contribution in [0, 0.1) is 17.5 Å². The van der Waals surface area contributed by atoms with Gasteiger partial charge in [0.05, 0.1) is 25.2 Å². The predicted molar refractivity (Wildman–Crippen MR) is 137 cm³/mol. The van der Waals surface area contributed by atoms with Gasteiger partial charge < -0.3 is 4.74 Å². The third-order valence-corrected chi connectivity index (χ3v) is 6.64. The van der Waals surface area contributed by atoms with E-state index in [4.69, 9.17) is 4.74 Å². The molecule has 0 bridgehead atoms. The van der Waals surface area contributed by atoms with Crippen molar-refractivity contribution < 1.29 is 22.7 Å². The van der Waals surface area contributed by atoms with E-state index < -0.39 is 41.0 Å². The van der Waals surface area contributed by atoms with Gasteiger partial charge in [-0.25, -0.2) is 18.0 Å². The molecule has 1 amide bonds. The molecule has 2 heterocycles. The van der Waals surface area contributed by atoms with Gasteiger partial charge in [0.25, 0.3) is 5.56 Å². The lowest BCUT2D eigenvalue weighted by Gasteiger charge is -2.30. The maximum absolute atomic E-state index is 14.5. The van der Waals surface area contributed by atoms with E-state index in [9.17, 15) is 27.6 Å². The molecular weight excluding hydrogens is 501 g/mol. The molecule has 1 fully saturated rings. The molecule has 8 nitrogen and oxygen atoms in total. The van der Waals surface area contributed by atoms with E-state index in [1.54, 1.807) is 30.3 Å². The third-order valence-electron chi connectivity index (χ3n) is 6.64. The Labute approximate surface area is 217 Å². The van der Waals surface area contributed by atoms with Crippen molar-refractivity contribution in [2.75, 3.05) is 44.3 Å². The second-order valence-corrected chi connectivity index (χ2v) is 9.16. The lowest BCUT2D eigenvalue weighted by molar-refractivity contribution is -0.118. The Balaban J connectivity index is 1.79. The van der Waals surface area contributed by atoms with Crippen LogP contribution < -0.4 is 16.1 Å². The van der Waals surface area contributed by atoms with Gasteiger partial charge in [-0.3, -0.25) is 28.5 Å². The largest absolute Gasteiger partial charge is 0.379 e. The fourth-order valence-electron chi connectivity index (χ4n) is 4.59. The van der Waals surface area contributed by atoms with Crippen molar-refractivity contribution >= 4 is 11.7 Å². The summed E-state index contributed by atoms with van der Waals surface area (Å²) in [4.78, 5) is 43.4. The first kappa shape index (κ1) is 27.3. The second kappa shape index (κ2) is 11.8. The highest BCUT2D eigenvalue weighted by Gasteiger charge is 2.27. The molecule has 11 heteroatoms. The first-order valence-corrected chi connectivity index (χ1v) is 12.3. The predicted octanol–water partition coefficient (Wildman–Crippen LogP) is 2.47. The quantitative estimate of drug-likeness (QED) is 0.419. The highest BCUT2D eigenvalue weighted by Crippen LogP contribution is 2.28. The Bertz CT molecular complexity index is 1430. The number of aromatic nitrogens is 2. The summed E-state index contributed by atoms with van der Waals surface area (Å²) >= 11 is 0. The van der Waals surface area contributed by atoms with Crippen LogP contribution in [-0.4, -0.2) is 59.3 Å². The maximum Gasteiger partial charge on any atom is 0.332 e. The van der Waals surface area contributed by atoms with Crippen LogP contribution in [0.1, 0.15) is 12.0 Å². The molecule has 1 aliphatic heterocycles. The minimum absolute atomic E-state index is 0.0549. The van der Waals surface area contributed by atoms with E-state index in [0.717, 1.165) is 17.7 Å². The van der Waals surface area contributed by atoms with Crippen molar-refractivity contribution in [2.24, 2.45) is 14.1 Å². The van der Waals surface area contributed by atoms with Gasteiger partial charge in [0, 0.05) is 51.9 Å². The summed E-state index contributed by atoms with van der Waals surface area (Å²) < 4.78 is 49.3. The summed E-state index contributed by atoms with van der Waals surface area (Å²) in [5.41, 5.74) is -0.958. The number of carbonyl (C=O) groups is 1. The Morgan fingerprint density at radius 3 is 2.29 bits per heavy atom. The summed E-state index contributed by atoms with van der Waals surface area (Å²) in [6, 6.07) is 9.65. The van der Waals surface area contributed by atoms with Gasteiger partial charge in [-0.15, -0.1) is 0 Å². The molecule has 1 aromatic heterocycles. The average Bonchev–Trinajstić information content (AvgIpc) is 2.92. The van der Waals surface area contributed by atoms with Crippen molar-refractivity contribution in [3.63, 3.8) is 0 Å². The highest BCUT2D eigenvalue weighted by molar-refractivity contribution is 5.97. The molecule has 38 heavy (non-hydrogen) atoms. The highest BCUT2D eigenvalue weighted by atomic mass is 19.2. The molecule has 0 radical (unpaired) electrons. The standard InChI is InChI=1S/C27H29F3N4O4/c1-31-25(24(18-7-4-3-5-8-18)26(36)32(2)27(31)37)34(10-6-9-33-11-13-38-14-12-33)23(35)16-19-15-21(29)22(30)17-20(19)28/h3-5,7-8,15,17H,6,9-14,16H2,1-2H3. The van der Waals surface area contributed by atoms with Gasteiger partial charge in [-0.05, 0) is 18.1 Å². The maximum atomic E-state index is 14.5. The van der Waals surface area contributed by atoms with E-state index in [-0.39, 0.29) is 23.5 Å². The fourth-order valence-corrected chi connectivity index (χ4v) is 4.59. The molecule has 0 unspecified atom stereocenters. The molecule has 0 spiro atoms. The molecule has 0 atom stereocenters. The Morgan fingerprint density at radius 2 is 1.61 bits per heavy atom.